The van der Waals surface area contributed by atoms with Crippen LogP contribution in [-0.2, 0) is 6.42 Å². The zero-order valence-electron chi connectivity index (χ0n) is 12.8. The molecule has 108 valence electrons. The molecule has 0 atom stereocenters. The summed E-state index contributed by atoms with van der Waals surface area (Å²) < 4.78 is 1.93. The van der Waals surface area contributed by atoms with Gasteiger partial charge in [0.05, 0.1) is 5.69 Å². The number of rotatable bonds is 5. The summed E-state index contributed by atoms with van der Waals surface area (Å²) in [6.07, 6.45) is 4.81. The van der Waals surface area contributed by atoms with Crippen molar-refractivity contribution in [2.24, 2.45) is 0 Å². The van der Waals surface area contributed by atoms with Crippen molar-refractivity contribution in [1.29, 1.82) is 0 Å². The Labute approximate surface area is 120 Å². The lowest BCUT2D eigenvalue weighted by atomic mass is 10.2. The van der Waals surface area contributed by atoms with Gasteiger partial charge in [-0.25, -0.2) is 4.98 Å². The van der Waals surface area contributed by atoms with Crippen LogP contribution in [0.4, 0.5) is 0 Å². The second kappa shape index (κ2) is 6.07. The van der Waals surface area contributed by atoms with E-state index in [4.69, 9.17) is 0 Å². The predicted molar refractivity (Wildman–Crippen MR) is 81.2 cm³/mol. The number of carbonyl (C=O) groups is 1. The van der Waals surface area contributed by atoms with Crippen molar-refractivity contribution in [3.05, 3.63) is 35.3 Å². The molecule has 0 aliphatic carbocycles. The minimum absolute atomic E-state index is 0.0633. The maximum absolute atomic E-state index is 12.7. The molecule has 2 heterocycles. The van der Waals surface area contributed by atoms with Crippen molar-refractivity contribution in [3.63, 3.8) is 0 Å². The topological polar surface area (TPSA) is 37.6 Å². The third kappa shape index (κ3) is 2.55. The first kappa shape index (κ1) is 14.6. The third-order valence-corrected chi connectivity index (χ3v) is 3.65. The van der Waals surface area contributed by atoms with E-state index in [2.05, 4.69) is 11.9 Å². The van der Waals surface area contributed by atoms with Crippen molar-refractivity contribution >= 4 is 11.6 Å². The number of imidazole rings is 1. The van der Waals surface area contributed by atoms with E-state index >= 15 is 0 Å². The molecule has 0 bridgehead atoms. The van der Waals surface area contributed by atoms with Crippen LogP contribution < -0.4 is 0 Å². The SMILES string of the molecule is CCCCN(C)C(=O)c1c(CC)nc2c(C)cccn12. The lowest BCUT2D eigenvalue weighted by Gasteiger charge is -2.17. The molecule has 4 heteroatoms. The molecule has 0 aliphatic rings. The molecule has 0 saturated carbocycles. The first-order chi connectivity index (χ1) is 9.60. The fourth-order valence-corrected chi connectivity index (χ4v) is 2.40. The largest absolute Gasteiger partial charge is 0.340 e. The van der Waals surface area contributed by atoms with Crippen LogP contribution in [0.3, 0.4) is 0 Å². The Balaban J connectivity index is 2.47. The minimum Gasteiger partial charge on any atom is -0.340 e. The number of aryl methyl sites for hydroxylation is 2. The van der Waals surface area contributed by atoms with Crippen LogP contribution in [0.1, 0.15) is 48.4 Å². The van der Waals surface area contributed by atoms with Crippen LogP contribution in [-0.4, -0.2) is 33.8 Å². The number of unbranched alkanes of at least 4 members (excludes halogenated alkanes) is 1. The number of carbonyl (C=O) groups excluding carboxylic acids is 1. The van der Waals surface area contributed by atoms with E-state index in [1.54, 1.807) is 4.90 Å². The maximum Gasteiger partial charge on any atom is 0.272 e. The second-order valence-electron chi connectivity index (χ2n) is 5.23. The molecular formula is C16H23N3O. The number of hydrogen-bond acceptors (Lipinski definition) is 2. The molecule has 2 rings (SSSR count). The Hall–Kier alpha value is -1.84. The molecule has 1 amide bonds. The van der Waals surface area contributed by atoms with Gasteiger partial charge in [0.15, 0.2) is 0 Å². The van der Waals surface area contributed by atoms with Gasteiger partial charge in [0.25, 0.3) is 5.91 Å². The van der Waals surface area contributed by atoms with Crippen LogP contribution in [0, 0.1) is 6.92 Å². The number of hydrogen-bond donors (Lipinski definition) is 0. The molecule has 4 nitrogen and oxygen atoms in total. The van der Waals surface area contributed by atoms with Crippen molar-refractivity contribution in [2.45, 2.75) is 40.0 Å². The first-order valence-corrected chi connectivity index (χ1v) is 7.32. The van der Waals surface area contributed by atoms with E-state index in [1.165, 1.54) is 0 Å². The summed E-state index contributed by atoms with van der Waals surface area (Å²) in [5.74, 6) is 0.0633. The van der Waals surface area contributed by atoms with Gasteiger partial charge in [0.1, 0.15) is 11.3 Å². The van der Waals surface area contributed by atoms with E-state index < -0.39 is 0 Å². The van der Waals surface area contributed by atoms with Crippen LogP contribution in [0.15, 0.2) is 18.3 Å². The number of amides is 1. The Morgan fingerprint density at radius 3 is 2.80 bits per heavy atom. The summed E-state index contributed by atoms with van der Waals surface area (Å²) in [7, 11) is 1.87. The highest BCUT2D eigenvalue weighted by molar-refractivity contribution is 5.94. The fourth-order valence-electron chi connectivity index (χ4n) is 2.40. The number of nitrogens with zero attached hydrogens (tertiary/aromatic N) is 3. The van der Waals surface area contributed by atoms with Gasteiger partial charge < -0.3 is 4.90 Å². The van der Waals surface area contributed by atoms with Gasteiger partial charge in [0, 0.05) is 19.8 Å². The van der Waals surface area contributed by atoms with Gasteiger partial charge in [-0.1, -0.05) is 26.3 Å². The monoisotopic (exact) mass is 273 g/mol. The molecule has 0 unspecified atom stereocenters. The highest BCUT2D eigenvalue weighted by atomic mass is 16.2. The molecular weight excluding hydrogens is 250 g/mol. The van der Waals surface area contributed by atoms with E-state index in [0.717, 1.165) is 42.7 Å². The number of pyridine rings is 1. The Morgan fingerprint density at radius 2 is 2.15 bits per heavy atom. The average Bonchev–Trinajstić information content (AvgIpc) is 2.83. The molecule has 0 spiro atoms. The third-order valence-electron chi connectivity index (χ3n) is 3.65. The average molecular weight is 273 g/mol. The number of fused-ring (bicyclic) bond motifs is 1. The Kier molecular flexibility index (Phi) is 4.42. The summed E-state index contributed by atoms with van der Waals surface area (Å²) in [4.78, 5) is 19.1. The molecule has 0 saturated heterocycles. The maximum atomic E-state index is 12.7. The quantitative estimate of drug-likeness (QED) is 0.839. The molecule has 0 fully saturated rings. The highest BCUT2D eigenvalue weighted by Gasteiger charge is 2.21. The molecule has 0 aromatic carbocycles. The predicted octanol–water partition coefficient (Wildman–Crippen LogP) is 3.08. The molecule has 0 aliphatic heterocycles. The van der Waals surface area contributed by atoms with Gasteiger partial charge in [-0.3, -0.25) is 9.20 Å². The summed E-state index contributed by atoms with van der Waals surface area (Å²) in [6.45, 7) is 6.99. The summed E-state index contributed by atoms with van der Waals surface area (Å²) in [5, 5.41) is 0. The van der Waals surface area contributed by atoms with Gasteiger partial charge in [-0.15, -0.1) is 0 Å². The molecule has 20 heavy (non-hydrogen) atoms. The van der Waals surface area contributed by atoms with Crippen LogP contribution in [0.5, 0.6) is 0 Å². The molecule has 0 N–H and O–H groups in total. The van der Waals surface area contributed by atoms with Crippen molar-refractivity contribution < 1.29 is 4.79 Å². The zero-order chi connectivity index (χ0) is 14.7. The Bertz CT molecular complexity index is 615. The van der Waals surface area contributed by atoms with Crippen LogP contribution in [0.2, 0.25) is 0 Å². The highest BCUT2D eigenvalue weighted by Crippen LogP contribution is 2.18. The molecule has 2 aromatic heterocycles. The van der Waals surface area contributed by atoms with E-state index in [-0.39, 0.29) is 5.91 Å². The molecule has 2 aromatic rings. The molecule has 0 radical (unpaired) electrons. The summed E-state index contributed by atoms with van der Waals surface area (Å²) >= 11 is 0. The van der Waals surface area contributed by atoms with E-state index in [0.29, 0.717) is 5.69 Å². The lowest BCUT2D eigenvalue weighted by Crippen LogP contribution is -2.29. The summed E-state index contributed by atoms with van der Waals surface area (Å²) in [5.41, 5.74) is 3.58. The van der Waals surface area contributed by atoms with Crippen molar-refractivity contribution in [2.75, 3.05) is 13.6 Å². The van der Waals surface area contributed by atoms with Gasteiger partial charge >= 0.3 is 0 Å². The fraction of sp³-hybridized carbons (Fsp3) is 0.500. The van der Waals surface area contributed by atoms with E-state index in [1.807, 2.05) is 43.6 Å². The van der Waals surface area contributed by atoms with Gasteiger partial charge in [-0.05, 0) is 31.4 Å². The van der Waals surface area contributed by atoms with Crippen molar-refractivity contribution in [3.8, 4) is 0 Å². The van der Waals surface area contributed by atoms with Gasteiger partial charge in [0.2, 0.25) is 0 Å². The minimum atomic E-state index is 0.0633. The van der Waals surface area contributed by atoms with Crippen LogP contribution >= 0.6 is 0 Å². The smallest absolute Gasteiger partial charge is 0.272 e. The van der Waals surface area contributed by atoms with Crippen molar-refractivity contribution in [1.82, 2.24) is 14.3 Å². The van der Waals surface area contributed by atoms with Gasteiger partial charge in [-0.2, -0.15) is 0 Å². The first-order valence-electron chi connectivity index (χ1n) is 7.32. The number of aromatic nitrogens is 2. The lowest BCUT2D eigenvalue weighted by molar-refractivity contribution is 0.0785. The Morgan fingerprint density at radius 1 is 1.40 bits per heavy atom. The second-order valence-corrected chi connectivity index (χ2v) is 5.23. The zero-order valence-corrected chi connectivity index (χ0v) is 12.8. The van der Waals surface area contributed by atoms with Crippen LogP contribution in [0.25, 0.3) is 5.65 Å². The summed E-state index contributed by atoms with van der Waals surface area (Å²) in [6, 6.07) is 3.99. The normalized spacial score (nSPS) is 11.0. The standard InChI is InChI=1S/C16H23N3O/c1-5-7-10-18(4)16(20)14-13(6-2)17-15-12(3)9-8-11-19(14)15/h8-9,11H,5-7,10H2,1-4H3. The van der Waals surface area contributed by atoms with E-state index in [9.17, 15) is 4.79 Å².